The maximum atomic E-state index is 12.3. The highest BCUT2D eigenvalue weighted by Gasteiger charge is 2.29. The topological polar surface area (TPSA) is 89.9 Å². The van der Waals surface area contributed by atoms with Gasteiger partial charge in [0.15, 0.2) is 0 Å². The van der Waals surface area contributed by atoms with Gasteiger partial charge in [0.1, 0.15) is 6.04 Å². The first kappa shape index (κ1) is 20.2. The molecule has 2 amide bonds. The molecule has 2 aliphatic rings. The number of amides is 2. The summed E-state index contributed by atoms with van der Waals surface area (Å²) in [6.45, 7) is 1.38. The highest BCUT2D eigenvalue weighted by Crippen LogP contribution is 2.24. The van der Waals surface area contributed by atoms with E-state index in [1.54, 1.807) is 28.0 Å². The van der Waals surface area contributed by atoms with Gasteiger partial charge in [0.2, 0.25) is 11.8 Å². The molecule has 2 N–H and O–H groups in total. The van der Waals surface area contributed by atoms with E-state index >= 15 is 0 Å². The number of likely N-dealkylation sites (tertiary alicyclic amines) is 1. The number of hydrogen-bond acceptors (Lipinski definition) is 4. The number of halogens is 1. The number of carboxylic acid groups (broad SMARTS) is 1. The number of piperidine rings is 1. The van der Waals surface area contributed by atoms with Crippen molar-refractivity contribution in [2.75, 3.05) is 29.9 Å². The van der Waals surface area contributed by atoms with Gasteiger partial charge in [0.25, 0.3) is 0 Å². The third-order valence-corrected chi connectivity index (χ3v) is 4.76. The van der Waals surface area contributed by atoms with Crippen molar-refractivity contribution in [2.24, 2.45) is 0 Å². The molecule has 0 aliphatic carbocycles. The average Bonchev–Trinajstić information content (AvgIpc) is 3.01. The van der Waals surface area contributed by atoms with Gasteiger partial charge in [0.05, 0.1) is 6.54 Å². The van der Waals surface area contributed by atoms with Gasteiger partial charge >= 0.3 is 5.97 Å². The molecule has 1 atom stereocenters. The Labute approximate surface area is 158 Å². The minimum atomic E-state index is -0.873. The van der Waals surface area contributed by atoms with E-state index in [0.717, 1.165) is 24.9 Å². The summed E-state index contributed by atoms with van der Waals surface area (Å²) in [5, 5.41) is 12.1. The van der Waals surface area contributed by atoms with Crippen LogP contribution in [0, 0.1) is 0 Å². The zero-order valence-corrected chi connectivity index (χ0v) is 15.3. The van der Waals surface area contributed by atoms with Gasteiger partial charge in [-0.2, -0.15) is 0 Å². The van der Waals surface area contributed by atoms with Crippen molar-refractivity contribution >= 4 is 41.6 Å². The van der Waals surface area contributed by atoms with Crippen LogP contribution >= 0.6 is 12.4 Å². The van der Waals surface area contributed by atoms with Crippen molar-refractivity contribution in [3.63, 3.8) is 0 Å². The molecule has 2 heterocycles. The third-order valence-electron chi connectivity index (χ3n) is 4.76. The fraction of sp³-hybridized carbons (Fsp3) is 0.500. The Kier molecular flexibility index (Phi) is 6.99. The fourth-order valence-electron chi connectivity index (χ4n) is 3.52. The number of anilines is 2. The predicted octanol–water partition coefficient (Wildman–Crippen LogP) is 2.11. The molecule has 1 unspecified atom stereocenters. The summed E-state index contributed by atoms with van der Waals surface area (Å²) < 4.78 is 0. The first-order chi connectivity index (χ1) is 12.0. The molecule has 0 radical (unpaired) electrons. The number of nitrogens with one attached hydrogen (secondary N) is 1. The van der Waals surface area contributed by atoms with Gasteiger partial charge in [-0.1, -0.05) is 12.5 Å². The Morgan fingerprint density at radius 2 is 2.00 bits per heavy atom. The van der Waals surface area contributed by atoms with E-state index in [1.165, 1.54) is 0 Å². The number of carbonyl (C=O) groups excluding carboxylic acids is 2. The molecule has 2 fully saturated rings. The van der Waals surface area contributed by atoms with Gasteiger partial charge in [-0.15, -0.1) is 12.4 Å². The van der Waals surface area contributed by atoms with E-state index in [0.29, 0.717) is 31.6 Å². The van der Waals surface area contributed by atoms with Crippen LogP contribution in [0.5, 0.6) is 0 Å². The minimum absolute atomic E-state index is 0. The molecule has 8 heteroatoms. The van der Waals surface area contributed by atoms with E-state index in [4.69, 9.17) is 0 Å². The second kappa shape index (κ2) is 9.00. The molecule has 142 valence electrons. The summed E-state index contributed by atoms with van der Waals surface area (Å²) in [6.07, 6.45) is 3.77. The number of benzene rings is 1. The molecule has 7 nitrogen and oxygen atoms in total. The normalized spacial score (nSPS) is 20.5. The highest BCUT2D eigenvalue weighted by atomic mass is 35.5. The molecule has 1 aromatic carbocycles. The van der Waals surface area contributed by atoms with E-state index < -0.39 is 12.0 Å². The van der Waals surface area contributed by atoms with Crippen molar-refractivity contribution in [1.29, 1.82) is 0 Å². The SMILES string of the molecule is Cl.O=C(CN1CCCCC1C(=O)O)Nc1cccc(N2CCCC2=O)c1. The lowest BCUT2D eigenvalue weighted by molar-refractivity contribution is -0.145. The Bertz CT molecular complexity index is 682. The van der Waals surface area contributed by atoms with E-state index in [-0.39, 0.29) is 30.8 Å². The monoisotopic (exact) mass is 381 g/mol. The summed E-state index contributed by atoms with van der Waals surface area (Å²) >= 11 is 0. The second-order valence-corrected chi connectivity index (χ2v) is 6.57. The van der Waals surface area contributed by atoms with Crippen molar-refractivity contribution in [2.45, 2.75) is 38.1 Å². The van der Waals surface area contributed by atoms with Crippen LogP contribution in [-0.4, -0.2) is 53.5 Å². The highest BCUT2D eigenvalue weighted by molar-refractivity contribution is 5.97. The molecule has 0 spiro atoms. The second-order valence-electron chi connectivity index (χ2n) is 6.57. The van der Waals surface area contributed by atoms with Gasteiger partial charge in [0, 0.05) is 24.3 Å². The number of rotatable bonds is 5. The molecule has 0 bridgehead atoms. The molecule has 0 aromatic heterocycles. The standard InChI is InChI=1S/C18H23N3O4.ClH/c22-16(12-20-9-2-1-7-15(20)18(24)25)19-13-5-3-6-14(11-13)21-10-4-8-17(21)23;/h3,5-6,11,15H,1-2,4,7-10,12H2,(H,19,22)(H,24,25);1H. The summed E-state index contributed by atoms with van der Waals surface area (Å²) in [6, 6.07) is 6.62. The predicted molar refractivity (Wildman–Crippen MR) is 101 cm³/mol. The number of nitrogens with zero attached hydrogens (tertiary/aromatic N) is 2. The number of carbonyl (C=O) groups is 3. The van der Waals surface area contributed by atoms with Gasteiger partial charge in [-0.3, -0.25) is 19.3 Å². The van der Waals surface area contributed by atoms with Crippen LogP contribution in [0.1, 0.15) is 32.1 Å². The fourth-order valence-corrected chi connectivity index (χ4v) is 3.52. The van der Waals surface area contributed by atoms with Crippen molar-refractivity contribution < 1.29 is 19.5 Å². The Morgan fingerprint density at radius 1 is 1.19 bits per heavy atom. The lowest BCUT2D eigenvalue weighted by atomic mass is 10.0. The zero-order chi connectivity index (χ0) is 17.8. The first-order valence-electron chi connectivity index (χ1n) is 8.72. The van der Waals surface area contributed by atoms with E-state index in [9.17, 15) is 19.5 Å². The van der Waals surface area contributed by atoms with E-state index in [1.807, 2.05) is 6.07 Å². The maximum Gasteiger partial charge on any atom is 0.320 e. The Hall–Kier alpha value is -2.12. The minimum Gasteiger partial charge on any atom is -0.480 e. The quantitative estimate of drug-likeness (QED) is 0.815. The smallest absolute Gasteiger partial charge is 0.320 e. The first-order valence-corrected chi connectivity index (χ1v) is 8.72. The van der Waals surface area contributed by atoms with Crippen LogP contribution in [-0.2, 0) is 14.4 Å². The van der Waals surface area contributed by atoms with Crippen molar-refractivity contribution in [1.82, 2.24) is 4.90 Å². The molecule has 2 aliphatic heterocycles. The van der Waals surface area contributed by atoms with Crippen LogP contribution < -0.4 is 10.2 Å². The van der Waals surface area contributed by atoms with Crippen LogP contribution in [0.25, 0.3) is 0 Å². The van der Waals surface area contributed by atoms with Crippen molar-refractivity contribution in [3.8, 4) is 0 Å². The largest absolute Gasteiger partial charge is 0.480 e. The number of aliphatic carboxylic acids is 1. The summed E-state index contributed by atoms with van der Waals surface area (Å²) in [7, 11) is 0. The maximum absolute atomic E-state index is 12.3. The van der Waals surface area contributed by atoms with Crippen molar-refractivity contribution in [3.05, 3.63) is 24.3 Å². The van der Waals surface area contributed by atoms with Gasteiger partial charge < -0.3 is 15.3 Å². The van der Waals surface area contributed by atoms with Crippen LogP contribution in [0.2, 0.25) is 0 Å². The molecular formula is C18H24ClN3O4. The molecule has 26 heavy (non-hydrogen) atoms. The Morgan fingerprint density at radius 3 is 2.69 bits per heavy atom. The summed E-state index contributed by atoms with van der Waals surface area (Å²) in [5.74, 6) is -1.01. The van der Waals surface area contributed by atoms with Crippen LogP contribution in [0.15, 0.2) is 24.3 Å². The molecule has 1 aromatic rings. The zero-order valence-electron chi connectivity index (χ0n) is 14.5. The molecule has 2 saturated heterocycles. The molecule has 0 saturated carbocycles. The van der Waals surface area contributed by atoms with Gasteiger partial charge in [-0.05, 0) is 44.0 Å². The van der Waals surface area contributed by atoms with Gasteiger partial charge in [-0.25, -0.2) is 0 Å². The van der Waals surface area contributed by atoms with Crippen LogP contribution in [0.3, 0.4) is 0 Å². The lowest BCUT2D eigenvalue weighted by Crippen LogP contribution is -2.47. The number of carboxylic acids is 1. The number of hydrogen-bond donors (Lipinski definition) is 2. The molecular weight excluding hydrogens is 358 g/mol. The Balaban J connectivity index is 0.00000243. The van der Waals surface area contributed by atoms with E-state index in [2.05, 4.69) is 5.32 Å². The molecule has 3 rings (SSSR count). The average molecular weight is 382 g/mol. The third kappa shape index (κ3) is 4.74. The lowest BCUT2D eigenvalue weighted by Gasteiger charge is -2.32. The summed E-state index contributed by atoms with van der Waals surface area (Å²) in [4.78, 5) is 38.9. The summed E-state index contributed by atoms with van der Waals surface area (Å²) in [5.41, 5.74) is 1.40. The van der Waals surface area contributed by atoms with Crippen LogP contribution in [0.4, 0.5) is 11.4 Å².